The number of hydrogen-bond donors (Lipinski definition) is 2. The molecule has 1 aliphatic rings. The Balaban J connectivity index is 1.74. The van der Waals surface area contributed by atoms with E-state index >= 15 is 0 Å². The van der Waals surface area contributed by atoms with E-state index in [4.69, 9.17) is 0 Å². The number of pyridine rings is 1. The molecule has 1 aromatic heterocycles. The van der Waals surface area contributed by atoms with E-state index in [1.54, 1.807) is 0 Å². The van der Waals surface area contributed by atoms with Crippen LogP contribution in [-0.2, 0) is 11.3 Å². The quantitative estimate of drug-likeness (QED) is 0.757. The molecule has 2 atom stereocenters. The van der Waals surface area contributed by atoms with E-state index in [1.807, 2.05) is 0 Å². The van der Waals surface area contributed by atoms with Crippen molar-refractivity contribution >= 4 is 6.03 Å². The van der Waals surface area contributed by atoms with Gasteiger partial charge in [0.05, 0.1) is 6.10 Å². The molecule has 140 valence electrons. The van der Waals surface area contributed by atoms with Crippen molar-refractivity contribution in [3.05, 3.63) is 23.9 Å². The lowest BCUT2D eigenvalue weighted by Crippen LogP contribution is -2.41. The largest absolute Gasteiger partial charge is 0.522 e. The van der Waals surface area contributed by atoms with E-state index in [2.05, 4.69) is 25.1 Å². The van der Waals surface area contributed by atoms with Gasteiger partial charge in [0.25, 0.3) is 0 Å². The number of aromatic nitrogens is 1. The third-order valence-corrected chi connectivity index (χ3v) is 3.48. The van der Waals surface area contributed by atoms with Gasteiger partial charge in [0.1, 0.15) is 0 Å². The molecule has 11 heteroatoms. The number of carbonyl (C=O) groups excluding carboxylic acids is 1. The Morgan fingerprint density at radius 1 is 1.36 bits per heavy atom. The molecule has 0 bridgehead atoms. The highest BCUT2D eigenvalue weighted by molar-refractivity contribution is 5.74. The normalized spacial score (nSPS) is 20.6. The van der Waals surface area contributed by atoms with Gasteiger partial charge in [0.15, 0.2) is 0 Å². The van der Waals surface area contributed by atoms with Gasteiger partial charge in [-0.25, -0.2) is 9.78 Å². The van der Waals surface area contributed by atoms with Gasteiger partial charge >= 0.3 is 19.0 Å². The highest BCUT2D eigenvalue weighted by atomic mass is 19.4. The number of hydrogen-bond acceptors (Lipinski definition) is 4. The summed E-state index contributed by atoms with van der Waals surface area (Å²) in [6.45, 7) is -2.99. The smallest absolute Gasteiger partial charge is 0.417 e. The molecule has 0 aromatic carbocycles. The highest BCUT2D eigenvalue weighted by Gasteiger charge is 2.37. The first-order valence-electron chi connectivity index (χ1n) is 7.40. The first-order chi connectivity index (χ1) is 11.7. The summed E-state index contributed by atoms with van der Waals surface area (Å²) in [4.78, 5) is 15.4. The highest BCUT2D eigenvalue weighted by Crippen LogP contribution is 2.28. The van der Waals surface area contributed by atoms with Gasteiger partial charge in [-0.05, 0) is 30.9 Å². The molecule has 0 spiro atoms. The molecule has 25 heavy (non-hydrogen) atoms. The number of halogens is 5. The predicted octanol–water partition coefficient (Wildman–Crippen LogP) is 2.94. The number of nitrogens with zero attached hydrogens (tertiary/aromatic N) is 1. The SMILES string of the molecule is O=C(NCc1ccnc(OC(F)F)c1)N[C@@H]1CC[C@H](OC(F)(F)F)C1. The molecule has 2 N–H and O–H groups in total. The Hall–Kier alpha value is -2.17. The second kappa shape index (κ2) is 8.28. The standard InChI is InChI=1S/C14H16F5N3O3/c15-12(16)24-11-5-8(3-4-20-11)7-21-13(23)22-9-1-2-10(6-9)25-14(17,18)19/h3-5,9-10,12H,1-2,6-7H2,(H2,21,22,23)/t9-,10+/m1/s1. The summed E-state index contributed by atoms with van der Waals surface area (Å²) in [7, 11) is 0. The molecule has 6 nitrogen and oxygen atoms in total. The van der Waals surface area contributed by atoms with Gasteiger partial charge < -0.3 is 15.4 Å². The zero-order valence-electron chi connectivity index (χ0n) is 12.9. The van der Waals surface area contributed by atoms with Crippen molar-refractivity contribution in [3.63, 3.8) is 0 Å². The number of alkyl halides is 5. The van der Waals surface area contributed by atoms with Crippen LogP contribution < -0.4 is 15.4 Å². The van der Waals surface area contributed by atoms with E-state index in [0.29, 0.717) is 12.0 Å². The van der Waals surface area contributed by atoms with Gasteiger partial charge in [-0.3, -0.25) is 4.74 Å². The summed E-state index contributed by atoms with van der Waals surface area (Å²) in [5.41, 5.74) is 0.477. The fourth-order valence-electron chi connectivity index (χ4n) is 2.50. The van der Waals surface area contributed by atoms with Crippen molar-refractivity contribution in [2.75, 3.05) is 0 Å². The van der Waals surface area contributed by atoms with Crippen molar-refractivity contribution in [1.29, 1.82) is 0 Å². The van der Waals surface area contributed by atoms with E-state index in [0.717, 1.165) is 0 Å². The molecule has 1 saturated carbocycles. The van der Waals surface area contributed by atoms with Gasteiger partial charge in [-0.15, -0.1) is 13.2 Å². The average Bonchev–Trinajstić information content (AvgIpc) is 2.89. The minimum atomic E-state index is -4.69. The molecule has 0 radical (unpaired) electrons. The number of carbonyl (C=O) groups is 1. The maximum Gasteiger partial charge on any atom is 0.522 e. The lowest BCUT2D eigenvalue weighted by atomic mass is 10.2. The number of nitrogens with one attached hydrogen (secondary N) is 2. The zero-order valence-corrected chi connectivity index (χ0v) is 12.9. The van der Waals surface area contributed by atoms with Gasteiger partial charge in [-0.1, -0.05) is 0 Å². The van der Waals surface area contributed by atoms with E-state index < -0.39 is 31.2 Å². The van der Waals surface area contributed by atoms with Crippen LogP contribution in [0.1, 0.15) is 24.8 Å². The maximum absolute atomic E-state index is 12.1. The van der Waals surface area contributed by atoms with Crippen LogP contribution in [0, 0.1) is 0 Å². The summed E-state index contributed by atoms with van der Waals surface area (Å²) in [6.07, 6.45) is -3.78. The van der Waals surface area contributed by atoms with Gasteiger partial charge in [-0.2, -0.15) is 8.78 Å². The monoisotopic (exact) mass is 369 g/mol. The lowest BCUT2D eigenvalue weighted by Gasteiger charge is -2.16. The molecule has 1 aliphatic carbocycles. The number of urea groups is 1. The summed E-state index contributed by atoms with van der Waals surface area (Å²) in [6, 6.07) is 1.74. The minimum Gasteiger partial charge on any atom is -0.417 e. The molecular formula is C14H16F5N3O3. The first kappa shape index (κ1) is 19.2. The summed E-state index contributed by atoms with van der Waals surface area (Å²) in [5.74, 6) is -0.280. The van der Waals surface area contributed by atoms with Gasteiger partial charge in [0, 0.05) is 24.8 Å². The second-order valence-electron chi connectivity index (χ2n) is 5.40. The Morgan fingerprint density at radius 3 is 2.80 bits per heavy atom. The molecule has 0 unspecified atom stereocenters. The van der Waals surface area contributed by atoms with Crippen LogP contribution in [0.15, 0.2) is 18.3 Å². The summed E-state index contributed by atoms with van der Waals surface area (Å²) >= 11 is 0. The van der Waals surface area contributed by atoms with Crippen molar-refractivity contribution in [2.24, 2.45) is 0 Å². The van der Waals surface area contributed by atoms with Crippen LogP contribution in [0.3, 0.4) is 0 Å². The lowest BCUT2D eigenvalue weighted by molar-refractivity contribution is -0.341. The average molecular weight is 369 g/mol. The van der Waals surface area contributed by atoms with E-state index in [-0.39, 0.29) is 25.3 Å². The van der Waals surface area contributed by atoms with E-state index in [1.165, 1.54) is 18.3 Å². The number of amides is 2. The van der Waals surface area contributed by atoms with Crippen LogP contribution in [0.25, 0.3) is 0 Å². The number of rotatable bonds is 6. The summed E-state index contributed by atoms with van der Waals surface area (Å²) < 4.78 is 68.7. The van der Waals surface area contributed by atoms with Crippen LogP contribution in [0.4, 0.5) is 26.7 Å². The van der Waals surface area contributed by atoms with Crippen LogP contribution in [-0.4, -0.2) is 36.1 Å². The van der Waals surface area contributed by atoms with Crippen LogP contribution in [0.5, 0.6) is 5.88 Å². The van der Waals surface area contributed by atoms with Gasteiger partial charge in [0.2, 0.25) is 5.88 Å². The van der Waals surface area contributed by atoms with Crippen molar-refractivity contribution in [1.82, 2.24) is 15.6 Å². The predicted molar refractivity (Wildman–Crippen MR) is 74.8 cm³/mol. The molecule has 0 saturated heterocycles. The molecule has 2 amide bonds. The van der Waals surface area contributed by atoms with Crippen molar-refractivity contribution in [2.45, 2.75) is 50.9 Å². The Labute approximate surface area is 139 Å². The van der Waals surface area contributed by atoms with Crippen LogP contribution >= 0.6 is 0 Å². The van der Waals surface area contributed by atoms with Crippen LogP contribution in [0.2, 0.25) is 0 Å². The van der Waals surface area contributed by atoms with Crippen molar-refractivity contribution in [3.8, 4) is 5.88 Å². The third kappa shape index (κ3) is 7.08. The Morgan fingerprint density at radius 2 is 2.12 bits per heavy atom. The Kier molecular flexibility index (Phi) is 6.34. The van der Waals surface area contributed by atoms with E-state index in [9.17, 15) is 26.7 Å². The molecular weight excluding hydrogens is 353 g/mol. The second-order valence-corrected chi connectivity index (χ2v) is 5.40. The first-order valence-corrected chi connectivity index (χ1v) is 7.40. The minimum absolute atomic E-state index is 0.0170. The maximum atomic E-state index is 12.1. The molecule has 1 heterocycles. The fraction of sp³-hybridized carbons (Fsp3) is 0.571. The number of ether oxygens (including phenoxy) is 2. The zero-order chi connectivity index (χ0) is 18.4. The molecule has 2 rings (SSSR count). The fourth-order valence-corrected chi connectivity index (χ4v) is 2.50. The topological polar surface area (TPSA) is 72.5 Å². The molecule has 0 aliphatic heterocycles. The molecule has 1 fully saturated rings. The molecule has 1 aromatic rings. The Bertz CT molecular complexity index is 585. The van der Waals surface area contributed by atoms with Crippen molar-refractivity contribution < 1.29 is 36.2 Å². The third-order valence-electron chi connectivity index (χ3n) is 3.48. The summed E-state index contributed by atoms with van der Waals surface area (Å²) in [5, 5.41) is 5.03.